The van der Waals surface area contributed by atoms with Gasteiger partial charge in [0, 0.05) is 11.8 Å². The average Bonchev–Trinajstić information content (AvgIpc) is 3.67. The van der Waals surface area contributed by atoms with Gasteiger partial charge in [-0.1, -0.05) is 49.4 Å². The van der Waals surface area contributed by atoms with E-state index in [1.54, 1.807) is 6.26 Å². The van der Waals surface area contributed by atoms with Crippen molar-refractivity contribution in [2.75, 3.05) is 0 Å². The number of rotatable bonds is 5. The van der Waals surface area contributed by atoms with Crippen LogP contribution in [0.25, 0.3) is 11.5 Å². The molecule has 0 saturated heterocycles. The maximum Gasteiger partial charge on any atom is 0.318 e. The number of para-hydroxylation sites is 1. The van der Waals surface area contributed by atoms with Gasteiger partial charge in [-0.05, 0) is 60.9 Å². The van der Waals surface area contributed by atoms with E-state index in [-0.39, 0.29) is 12.1 Å². The van der Waals surface area contributed by atoms with E-state index in [2.05, 4.69) is 65.5 Å². The number of carbonyl (C=O) groups excluding carboxylic acids is 1. The summed E-state index contributed by atoms with van der Waals surface area (Å²) in [6.45, 7) is 4.89. The lowest BCUT2D eigenvalue weighted by Gasteiger charge is -2.31. The number of aromatic nitrogens is 3. The second kappa shape index (κ2) is 9.50. The summed E-state index contributed by atoms with van der Waals surface area (Å²) in [5, 5.41) is 7.98. The molecule has 2 amide bonds. The molecule has 1 aliphatic rings. The number of benzene rings is 2. The molecule has 0 aliphatic carbocycles. The van der Waals surface area contributed by atoms with Crippen molar-refractivity contribution in [3.05, 3.63) is 125 Å². The van der Waals surface area contributed by atoms with Crippen LogP contribution in [0, 0.1) is 6.92 Å². The van der Waals surface area contributed by atoms with Crippen LogP contribution in [0.1, 0.15) is 46.8 Å². The van der Waals surface area contributed by atoms with Gasteiger partial charge in [0.25, 0.3) is 0 Å². The van der Waals surface area contributed by atoms with Gasteiger partial charge in [0.1, 0.15) is 11.6 Å². The summed E-state index contributed by atoms with van der Waals surface area (Å²) in [5.41, 5.74) is 6.22. The molecule has 2 aromatic carbocycles. The minimum atomic E-state index is -0.284. The number of fused-ring (bicyclic) bond motifs is 3. The molecular formula is C30H29N5O2. The first-order valence-electron chi connectivity index (χ1n) is 12.6. The number of amides is 2. The number of hydrogen-bond donors (Lipinski definition) is 1. The Morgan fingerprint density at radius 2 is 1.84 bits per heavy atom. The molecule has 5 aromatic rings. The Bertz CT molecular complexity index is 1510. The molecule has 1 N–H and O–H groups in total. The monoisotopic (exact) mass is 491 g/mol. The second-order valence-electron chi connectivity index (χ2n) is 9.30. The minimum absolute atomic E-state index is 0.159. The predicted molar refractivity (Wildman–Crippen MR) is 142 cm³/mol. The minimum Gasteiger partial charge on any atom is -0.467 e. The van der Waals surface area contributed by atoms with Crippen molar-refractivity contribution in [1.82, 2.24) is 24.6 Å². The number of aryl methyl sites for hydroxylation is 2. The quantitative estimate of drug-likeness (QED) is 0.331. The fourth-order valence-electron chi connectivity index (χ4n) is 5.11. The Kier molecular flexibility index (Phi) is 5.88. The highest BCUT2D eigenvalue weighted by Gasteiger charge is 2.35. The standard InChI is InChI=1S/C30H29N5O2/c1-3-22-13-15-23(16-14-22)28-27-12-7-17-33(27)29-26(21(2)32-35(29)24-9-5-4-6-10-24)20-34(28)30(36)31-19-25-11-8-18-37-25/h4-18,28H,3,19-20H2,1-2H3,(H,31,36)/t28-/m0/s1. The first kappa shape index (κ1) is 22.9. The molecule has 0 radical (unpaired) electrons. The van der Waals surface area contributed by atoms with Gasteiger partial charge in [-0.3, -0.25) is 0 Å². The third kappa shape index (κ3) is 4.12. The number of carbonyl (C=O) groups is 1. The van der Waals surface area contributed by atoms with Gasteiger partial charge in [0.15, 0.2) is 0 Å². The van der Waals surface area contributed by atoms with E-state index in [0.29, 0.717) is 18.8 Å². The number of urea groups is 1. The van der Waals surface area contributed by atoms with Crippen LogP contribution in [-0.2, 0) is 19.5 Å². The molecule has 0 fully saturated rings. The van der Waals surface area contributed by atoms with Gasteiger partial charge in [0.2, 0.25) is 0 Å². The van der Waals surface area contributed by atoms with Crippen molar-refractivity contribution in [1.29, 1.82) is 0 Å². The van der Waals surface area contributed by atoms with Crippen LogP contribution < -0.4 is 5.32 Å². The molecule has 0 unspecified atom stereocenters. The van der Waals surface area contributed by atoms with Crippen molar-refractivity contribution >= 4 is 6.03 Å². The van der Waals surface area contributed by atoms with Crippen LogP contribution in [0.4, 0.5) is 4.79 Å². The lowest BCUT2D eigenvalue weighted by atomic mass is 10.00. The number of furan rings is 1. The topological polar surface area (TPSA) is 68.2 Å². The zero-order valence-electron chi connectivity index (χ0n) is 21.0. The number of nitrogens with zero attached hydrogens (tertiary/aromatic N) is 4. The van der Waals surface area contributed by atoms with E-state index in [9.17, 15) is 4.79 Å². The van der Waals surface area contributed by atoms with E-state index >= 15 is 0 Å². The molecule has 0 bridgehead atoms. The summed E-state index contributed by atoms with van der Waals surface area (Å²) in [6.07, 6.45) is 4.64. The Morgan fingerprint density at radius 1 is 1.03 bits per heavy atom. The van der Waals surface area contributed by atoms with Crippen LogP contribution in [0.3, 0.4) is 0 Å². The number of nitrogens with one attached hydrogen (secondary N) is 1. The van der Waals surface area contributed by atoms with Gasteiger partial charge in [-0.25, -0.2) is 9.48 Å². The average molecular weight is 492 g/mol. The van der Waals surface area contributed by atoms with E-state index in [4.69, 9.17) is 9.52 Å². The predicted octanol–water partition coefficient (Wildman–Crippen LogP) is 5.94. The summed E-state index contributed by atoms with van der Waals surface area (Å²) in [6, 6.07) is 26.1. The van der Waals surface area contributed by atoms with Crippen molar-refractivity contribution < 1.29 is 9.21 Å². The lowest BCUT2D eigenvalue weighted by molar-refractivity contribution is 0.179. The molecule has 37 heavy (non-hydrogen) atoms. The molecule has 1 atom stereocenters. The van der Waals surface area contributed by atoms with Crippen LogP contribution >= 0.6 is 0 Å². The molecule has 7 heteroatoms. The van der Waals surface area contributed by atoms with Crippen molar-refractivity contribution in [2.24, 2.45) is 0 Å². The SMILES string of the molecule is CCc1ccc([C@H]2c3cccn3-c3c(c(C)nn3-c3ccccc3)CN2C(=O)NCc2ccco2)cc1. The summed E-state index contributed by atoms with van der Waals surface area (Å²) in [7, 11) is 0. The summed E-state index contributed by atoms with van der Waals surface area (Å²) in [4.78, 5) is 15.7. The van der Waals surface area contributed by atoms with Crippen LogP contribution in [0.15, 0.2) is 95.7 Å². The zero-order chi connectivity index (χ0) is 25.4. The Labute approximate surface area is 216 Å². The maximum atomic E-state index is 13.8. The molecule has 6 rings (SSSR count). The maximum absolute atomic E-state index is 13.8. The highest BCUT2D eigenvalue weighted by atomic mass is 16.3. The van der Waals surface area contributed by atoms with Crippen molar-refractivity contribution in [2.45, 2.75) is 39.4 Å². The third-order valence-corrected chi connectivity index (χ3v) is 7.05. The first-order chi connectivity index (χ1) is 18.1. The molecule has 4 heterocycles. The molecule has 0 spiro atoms. The smallest absolute Gasteiger partial charge is 0.318 e. The Balaban J connectivity index is 1.49. The van der Waals surface area contributed by atoms with Gasteiger partial charge < -0.3 is 19.2 Å². The molecule has 0 saturated carbocycles. The molecule has 3 aromatic heterocycles. The molecule has 186 valence electrons. The molecule has 7 nitrogen and oxygen atoms in total. The van der Waals surface area contributed by atoms with E-state index in [1.165, 1.54) is 5.56 Å². The Hall–Kier alpha value is -4.52. The number of hydrogen-bond acceptors (Lipinski definition) is 3. The third-order valence-electron chi connectivity index (χ3n) is 7.05. The molecular weight excluding hydrogens is 462 g/mol. The van der Waals surface area contributed by atoms with Gasteiger partial charge in [-0.15, -0.1) is 0 Å². The van der Waals surface area contributed by atoms with Gasteiger partial charge in [0.05, 0.1) is 42.5 Å². The van der Waals surface area contributed by atoms with Crippen LogP contribution in [-0.4, -0.2) is 25.3 Å². The van der Waals surface area contributed by atoms with E-state index in [0.717, 1.165) is 40.4 Å². The lowest BCUT2D eigenvalue weighted by Crippen LogP contribution is -2.41. The van der Waals surface area contributed by atoms with Gasteiger partial charge in [-0.2, -0.15) is 5.10 Å². The first-order valence-corrected chi connectivity index (χ1v) is 12.6. The highest BCUT2D eigenvalue weighted by Crippen LogP contribution is 2.38. The fraction of sp³-hybridized carbons (Fsp3) is 0.200. The largest absolute Gasteiger partial charge is 0.467 e. The normalized spacial score (nSPS) is 14.6. The van der Waals surface area contributed by atoms with Crippen LogP contribution in [0.5, 0.6) is 0 Å². The van der Waals surface area contributed by atoms with E-state index < -0.39 is 0 Å². The second-order valence-corrected chi connectivity index (χ2v) is 9.30. The zero-order valence-corrected chi connectivity index (χ0v) is 21.0. The molecule has 1 aliphatic heterocycles. The van der Waals surface area contributed by atoms with Crippen LogP contribution in [0.2, 0.25) is 0 Å². The van der Waals surface area contributed by atoms with Gasteiger partial charge >= 0.3 is 6.03 Å². The summed E-state index contributed by atoms with van der Waals surface area (Å²) < 4.78 is 9.62. The summed E-state index contributed by atoms with van der Waals surface area (Å²) >= 11 is 0. The van der Waals surface area contributed by atoms with Crippen molar-refractivity contribution in [3.8, 4) is 11.5 Å². The highest BCUT2D eigenvalue weighted by molar-refractivity contribution is 5.76. The van der Waals surface area contributed by atoms with Crippen molar-refractivity contribution in [3.63, 3.8) is 0 Å². The summed E-state index contributed by atoms with van der Waals surface area (Å²) in [5.74, 6) is 1.67. The van der Waals surface area contributed by atoms with E-state index in [1.807, 2.05) is 52.9 Å². The Morgan fingerprint density at radius 3 is 2.57 bits per heavy atom. The fourth-order valence-corrected chi connectivity index (χ4v) is 5.11.